The zero-order chi connectivity index (χ0) is 44.1. The fourth-order valence-electron chi connectivity index (χ4n) is 12.1. The number of benzene rings is 11. The number of nitrogens with zero attached hydrogens (tertiary/aromatic N) is 1. The molecule has 0 fully saturated rings. The Balaban J connectivity index is 1.03. The van der Waals surface area contributed by atoms with E-state index in [4.69, 9.17) is 0 Å². The summed E-state index contributed by atoms with van der Waals surface area (Å²) in [6.07, 6.45) is 0. The third-order valence-electron chi connectivity index (χ3n) is 15.0. The molecule has 2 aliphatic carbocycles. The highest BCUT2D eigenvalue weighted by Crippen LogP contribution is 2.59. The first kappa shape index (κ1) is 37.8. The van der Waals surface area contributed by atoms with Crippen molar-refractivity contribution in [1.29, 1.82) is 0 Å². The van der Waals surface area contributed by atoms with Crippen molar-refractivity contribution in [1.82, 2.24) is 4.57 Å². The maximum atomic E-state index is 2.54. The molecule has 0 radical (unpaired) electrons. The van der Waals surface area contributed by atoms with Crippen LogP contribution >= 0.6 is 0 Å². The predicted octanol–water partition coefficient (Wildman–Crippen LogP) is 16.8. The summed E-state index contributed by atoms with van der Waals surface area (Å²) in [4.78, 5) is 0. The average Bonchev–Trinajstić information content (AvgIpc) is 4.03. The van der Waals surface area contributed by atoms with Crippen molar-refractivity contribution in [3.8, 4) is 50.2 Å². The largest absolute Gasteiger partial charge is 0.309 e. The third kappa shape index (κ3) is 5.49. The minimum absolute atomic E-state index is 0.166. The van der Waals surface area contributed by atoms with E-state index in [0.717, 1.165) is 0 Å². The molecular formula is C66H43N. The first-order valence-corrected chi connectivity index (χ1v) is 23.5. The number of aromatic nitrogens is 1. The van der Waals surface area contributed by atoms with Gasteiger partial charge >= 0.3 is 0 Å². The second kappa shape index (κ2) is 14.8. The van der Waals surface area contributed by atoms with Gasteiger partial charge in [-0.25, -0.2) is 0 Å². The van der Waals surface area contributed by atoms with Gasteiger partial charge in [0.2, 0.25) is 0 Å². The fourth-order valence-corrected chi connectivity index (χ4v) is 12.1. The smallest absolute Gasteiger partial charge is 0.0720 e. The van der Waals surface area contributed by atoms with Gasteiger partial charge in [-0.2, -0.15) is 0 Å². The SMILES string of the molecule is c1ccc(-c2ccc(C3c4ccccc4-c4cc(-c5ccc6c(c5)c5c7c(ccc5n6-c5cccc6ccccc56)-c5ccccc5C7(c5ccccc5)c5ccccc5)ccc43)cc2)cc1. The summed E-state index contributed by atoms with van der Waals surface area (Å²) < 4.78 is 2.54. The van der Waals surface area contributed by atoms with Gasteiger partial charge in [0, 0.05) is 22.1 Å². The van der Waals surface area contributed by atoms with Crippen LogP contribution in [0.1, 0.15) is 44.9 Å². The molecule has 12 aromatic rings. The second-order valence-corrected chi connectivity index (χ2v) is 18.3. The first-order chi connectivity index (χ1) is 33.3. The van der Waals surface area contributed by atoms with Gasteiger partial charge in [0.1, 0.15) is 0 Å². The molecule has 11 aromatic carbocycles. The Morgan fingerprint density at radius 1 is 0.343 bits per heavy atom. The molecule has 0 N–H and O–H groups in total. The lowest BCUT2D eigenvalue weighted by Gasteiger charge is -2.34. The first-order valence-electron chi connectivity index (χ1n) is 23.5. The van der Waals surface area contributed by atoms with Crippen LogP contribution in [-0.2, 0) is 5.41 Å². The minimum Gasteiger partial charge on any atom is -0.309 e. The summed E-state index contributed by atoms with van der Waals surface area (Å²) in [5, 5.41) is 5.00. The molecule has 1 unspecified atom stereocenters. The van der Waals surface area contributed by atoms with Crippen LogP contribution in [0.2, 0.25) is 0 Å². The van der Waals surface area contributed by atoms with E-state index in [0.29, 0.717) is 0 Å². The Bertz CT molecular complexity index is 3850. The second-order valence-electron chi connectivity index (χ2n) is 18.3. The summed E-state index contributed by atoms with van der Waals surface area (Å²) in [6.45, 7) is 0. The highest BCUT2D eigenvalue weighted by molar-refractivity contribution is 6.17. The Morgan fingerprint density at radius 2 is 0.925 bits per heavy atom. The van der Waals surface area contributed by atoms with Gasteiger partial charge in [-0.3, -0.25) is 0 Å². The topological polar surface area (TPSA) is 4.93 Å². The van der Waals surface area contributed by atoms with Gasteiger partial charge in [-0.1, -0.05) is 224 Å². The number of hydrogen-bond donors (Lipinski definition) is 0. The monoisotopic (exact) mass is 849 g/mol. The summed E-state index contributed by atoms with van der Waals surface area (Å²) in [7, 11) is 0. The van der Waals surface area contributed by atoms with E-state index in [1.807, 2.05) is 0 Å². The lowest BCUT2D eigenvalue weighted by atomic mass is 9.67. The summed E-state index contributed by atoms with van der Waals surface area (Å²) in [5.41, 5.74) is 22.4. The van der Waals surface area contributed by atoms with Crippen LogP contribution in [0, 0.1) is 0 Å². The van der Waals surface area contributed by atoms with Crippen LogP contribution in [0.5, 0.6) is 0 Å². The molecule has 0 bridgehead atoms. The van der Waals surface area contributed by atoms with Gasteiger partial charge in [0.15, 0.2) is 0 Å². The Morgan fingerprint density at radius 3 is 1.72 bits per heavy atom. The highest BCUT2D eigenvalue weighted by atomic mass is 15.0. The molecule has 0 spiro atoms. The molecule has 67 heavy (non-hydrogen) atoms. The Hall–Kier alpha value is -8.52. The molecule has 0 saturated carbocycles. The summed E-state index contributed by atoms with van der Waals surface area (Å²) in [6, 6.07) is 95.2. The van der Waals surface area contributed by atoms with Crippen molar-refractivity contribution in [3.63, 3.8) is 0 Å². The van der Waals surface area contributed by atoms with Crippen LogP contribution in [0.3, 0.4) is 0 Å². The predicted molar refractivity (Wildman–Crippen MR) is 279 cm³/mol. The minimum atomic E-state index is -0.562. The van der Waals surface area contributed by atoms with Gasteiger partial charge in [0.05, 0.1) is 22.1 Å². The van der Waals surface area contributed by atoms with E-state index >= 15 is 0 Å². The lowest BCUT2D eigenvalue weighted by molar-refractivity contribution is 0.776. The molecule has 1 heterocycles. The average molecular weight is 850 g/mol. The van der Waals surface area contributed by atoms with Gasteiger partial charge in [-0.05, 0) is 119 Å². The van der Waals surface area contributed by atoms with E-state index in [-0.39, 0.29) is 5.92 Å². The fraction of sp³-hybridized carbons (Fsp3) is 0.0303. The van der Waals surface area contributed by atoms with Crippen LogP contribution in [-0.4, -0.2) is 4.57 Å². The molecular weight excluding hydrogens is 807 g/mol. The van der Waals surface area contributed by atoms with Crippen molar-refractivity contribution >= 4 is 32.6 Å². The van der Waals surface area contributed by atoms with Gasteiger partial charge in [0.25, 0.3) is 0 Å². The van der Waals surface area contributed by atoms with E-state index < -0.39 is 5.41 Å². The lowest BCUT2D eigenvalue weighted by Crippen LogP contribution is -2.28. The van der Waals surface area contributed by atoms with Crippen LogP contribution in [0.25, 0.3) is 82.8 Å². The Labute approximate surface area is 390 Å². The van der Waals surface area contributed by atoms with E-state index in [1.165, 1.54) is 122 Å². The van der Waals surface area contributed by atoms with Crippen molar-refractivity contribution in [2.24, 2.45) is 0 Å². The molecule has 0 saturated heterocycles. The number of fused-ring (bicyclic) bond motifs is 11. The number of hydrogen-bond acceptors (Lipinski definition) is 0. The molecule has 312 valence electrons. The maximum Gasteiger partial charge on any atom is 0.0720 e. The third-order valence-corrected chi connectivity index (χ3v) is 15.0. The van der Waals surface area contributed by atoms with Crippen LogP contribution < -0.4 is 0 Å². The zero-order valence-electron chi connectivity index (χ0n) is 36.8. The van der Waals surface area contributed by atoms with E-state index in [1.54, 1.807) is 0 Å². The molecule has 1 nitrogen and oxygen atoms in total. The van der Waals surface area contributed by atoms with Crippen LogP contribution in [0.4, 0.5) is 0 Å². The van der Waals surface area contributed by atoms with Crippen molar-refractivity contribution < 1.29 is 0 Å². The molecule has 1 atom stereocenters. The quantitative estimate of drug-likeness (QED) is 0.157. The summed E-state index contributed by atoms with van der Waals surface area (Å²) in [5.74, 6) is 0.166. The molecule has 2 aliphatic rings. The summed E-state index contributed by atoms with van der Waals surface area (Å²) >= 11 is 0. The van der Waals surface area contributed by atoms with Crippen molar-refractivity contribution in [2.75, 3.05) is 0 Å². The normalized spacial score (nSPS) is 14.2. The highest BCUT2D eigenvalue weighted by Gasteiger charge is 2.48. The van der Waals surface area contributed by atoms with Crippen LogP contribution in [0.15, 0.2) is 255 Å². The van der Waals surface area contributed by atoms with Gasteiger partial charge < -0.3 is 4.57 Å². The van der Waals surface area contributed by atoms with E-state index in [2.05, 4.69) is 259 Å². The Kier molecular flexibility index (Phi) is 8.33. The van der Waals surface area contributed by atoms with Crippen molar-refractivity contribution in [2.45, 2.75) is 11.3 Å². The molecule has 1 heteroatoms. The zero-order valence-corrected chi connectivity index (χ0v) is 36.8. The molecule has 0 aliphatic heterocycles. The van der Waals surface area contributed by atoms with E-state index in [9.17, 15) is 0 Å². The molecule has 14 rings (SSSR count). The van der Waals surface area contributed by atoms with Gasteiger partial charge in [-0.15, -0.1) is 0 Å². The molecule has 0 amide bonds. The molecule has 1 aromatic heterocycles. The maximum absolute atomic E-state index is 2.54. The number of rotatable bonds is 6. The van der Waals surface area contributed by atoms with Crippen molar-refractivity contribution in [3.05, 3.63) is 294 Å². The standard InChI is InChI=1S/C66H43N/c1-4-17-43(18-5-1)44-31-33-46(34-32-44)63-54-28-13-12-26-52(54)57-41-47(35-37-55(57)63)48-36-39-61-58(42-48)64-62(67(61)60-30-16-20-45-19-10-11-25-51(45)60)40-38-56-53-27-14-15-29-59(53)66(65(56)64,49-21-6-2-7-22-49)50-23-8-3-9-24-50/h1-42,63H.